The van der Waals surface area contributed by atoms with Gasteiger partial charge in [-0.3, -0.25) is 4.79 Å². The molecule has 0 radical (unpaired) electrons. The van der Waals surface area contributed by atoms with Crippen LogP contribution >= 0.6 is 11.6 Å². The average Bonchev–Trinajstić information content (AvgIpc) is 2.18. The Hall–Kier alpha value is -0.490. The summed E-state index contributed by atoms with van der Waals surface area (Å²) in [5.74, 6) is -0.464. The van der Waals surface area contributed by atoms with Crippen LogP contribution < -0.4 is 0 Å². The van der Waals surface area contributed by atoms with E-state index in [0.717, 1.165) is 4.90 Å². The molecule has 0 bridgehead atoms. The molecule has 17 heavy (non-hydrogen) atoms. The molecule has 1 fully saturated rings. The fourth-order valence-corrected chi connectivity index (χ4v) is 1.87. The van der Waals surface area contributed by atoms with Crippen molar-refractivity contribution >= 4 is 17.5 Å². The number of amides is 1. The highest BCUT2D eigenvalue weighted by Gasteiger charge is 2.64. The van der Waals surface area contributed by atoms with Crippen LogP contribution in [0.2, 0.25) is 0 Å². The summed E-state index contributed by atoms with van der Waals surface area (Å²) in [4.78, 5) is 12.6. The summed E-state index contributed by atoms with van der Waals surface area (Å²) in [5.41, 5.74) is -2.21. The van der Waals surface area contributed by atoms with Crippen molar-refractivity contribution in [3.8, 4) is 0 Å². The molecule has 7 heteroatoms. The lowest BCUT2D eigenvalue weighted by atomic mass is 9.92. The number of carbonyl (C=O) groups is 1. The highest BCUT2D eigenvalue weighted by molar-refractivity contribution is 6.30. The Morgan fingerprint density at radius 1 is 1.47 bits per heavy atom. The molecule has 0 aromatic heterocycles. The third kappa shape index (κ3) is 2.68. The maximum atomic E-state index is 12.8. The SMILES string of the molecule is CCOC1(C(F)(F)F)CN(C(=O)C(Cl)CC)C1. The van der Waals surface area contributed by atoms with Gasteiger partial charge in [0.05, 0.1) is 13.1 Å². The normalized spacial score (nSPS) is 20.9. The minimum absolute atomic E-state index is 0.0420. The summed E-state index contributed by atoms with van der Waals surface area (Å²) in [5, 5.41) is -0.761. The molecule has 0 N–H and O–H groups in total. The number of carbonyl (C=O) groups excluding carboxylic acids is 1. The molecule has 1 unspecified atom stereocenters. The van der Waals surface area contributed by atoms with Gasteiger partial charge in [-0.2, -0.15) is 13.2 Å². The largest absolute Gasteiger partial charge is 0.420 e. The Bertz CT molecular complexity index is 290. The molecule has 0 aliphatic carbocycles. The lowest BCUT2D eigenvalue weighted by molar-refractivity contribution is -0.313. The number of alkyl halides is 4. The van der Waals surface area contributed by atoms with Gasteiger partial charge in [-0.05, 0) is 13.3 Å². The van der Waals surface area contributed by atoms with Crippen LogP contribution in [0.3, 0.4) is 0 Å². The number of rotatable bonds is 4. The Morgan fingerprint density at radius 2 is 2.00 bits per heavy atom. The van der Waals surface area contributed by atoms with Crippen LogP contribution in [0.25, 0.3) is 0 Å². The third-order valence-corrected chi connectivity index (χ3v) is 3.26. The Balaban J connectivity index is 2.65. The van der Waals surface area contributed by atoms with Crippen LogP contribution in [0.1, 0.15) is 20.3 Å². The van der Waals surface area contributed by atoms with Gasteiger partial charge in [-0.1, -0.05) is 6.92 Å². The van der Waals surface area contributed by atoms with E-state index in [1.165, 1.54) is 6.92 Å². The van der Waals surface area contributed by atoms with Crippen molar-refractivity contribution in [2.45, 2.75) is 37.4 Å². The van der Waals surface area contributed by atoms with Crippen LogP contribution in [-0.2, 0) is 9.53 Å². The maximum absolute atomic E-state index is 12.8. The predicted octanol–water partition coefficient (Wildman–Crippen LogP) is 2.18. The van der Waals surface area contributed by atoms with E-state index in [-0.39, 0.29) is 6.61 Å². The molecular formula is C10H15ClF3NO2. The zero-order valence-electron chi connectivity index (χ0n) is 9.68. The van der Waals surface area contributed by atoms with Crippen molar-refractivity contribution in [1.82, 2.24) is 4.90 Å². The maximum Gasteiger partial charge on any atom is 0.420 e. The fraction of sp³-hybridized carbons (Fsp3) is 0.900. The van der Waals surface area contributed by atoms with Crippen molar-refractivity contribution in [2.24, 2.45) is 0 Å². The van der Waals surface area contributed by atoms with Gasteiger partial charge in [0.25, 0.3) is 0 Å². The van der Waals surface area contributed by atoms with Crippen molar-refractivity contribution in [2.75, 3.05) is 19.7 Å². The summed E-state index contributed by atoms with van der Waals surface area (Å²) in [6.45, 7) is 2.22. The average molecular weight is 274 g/mol. The molecule has 1 atom stereocenters. The number of hydrogen-bond acceptors (Lipinski definition) is 2. The van der Waals surface area contributed by atoms with Crippen molar-refractivity contribution in [3.05, 3.63) is 0 Å². The Morgan fingerprint density at radius 3 is 2.35 bits per heavy atom. The quantitative estimate of drug-likeness (QED) is 0.735. The molecule has 3 nitrogen and oxygen atoms in total. The zero-order valence-corrected chi connectivity index (χ0v) is 10.4. The fourth-order valence-electron chi connectivity index (χ4n) is 1.73. The topological polar surface area (TPSA) is 29.5 Å². The number of nitrogens with zero attached hydrogens (tertiary/aromatic N) is 1. The highest BCUT2D eigenvalue weighted by atomic mass is 35.5. The lowest BCUT2D eigenvalue weighted by Crippen LogP contribution is -2.72. The third-order valence-electron chi connectivity index (χ3n) is 2.77. The van der Waals surface area contributed by atoms with Gasteiger partial charge in [0, 0.05) is 6.61 Å². The Kier molecular flexibility index (Phi) is 4.30. The molecule has 1 amide bonds. The molecule has 1 saturated heterocycles. The van der Waals surface area contributed by atoms with Crippen molar-refractivity contribution < 1.29 is 22.7 Å². The van der Waals surface area contributed by atoms with Crippen LogP contribution in [0.15, 0.2) is 0 Å². The number of likely N-dealkylation sites (tertiary alicyclic amines) is 1. The van der Waals surface area contributed by atoms with Crippen molar-refractivity contribution in [1.29, 1.82) is 0 Å². The van der Waals surface area contributed by atoms with Gasteiger partial charge in [-0.25, -0.2) is 0 Å². The second-order valence-corrected chi connectivity index (χ2v) is 4.52. The highest BCUT2D eigenvalue weighted by Crippen LogP contribution is 2.41. The van der Waals surface area contributed by atoms with E-state index in [0.29, 0.717) is 6.42 Å². The van der Waals surface area contributed by atoms with E-state index in [2.05, 4.69) is 0 Å². The van der Waals surface area contributed by atoms with Gasteiger partial charge in [0.1, 0.15) is 5.38 Å². The van der Waals surface area contributed by atoms with E-state index in [4.69, 9.17) is 16.3 Å². The first kappa shape index (κ1) is 14.6. The van der Waals surface area contributed by atoms with E-state index < -0.39 is 36.2 Å². The second-order valence-electron chi connectivity index (χ2n) is 4.00. The number of ether oxygens (including phenoxy) is 1. The lowest BCUT2D eigenvalue weighted by Gasteiger charge is -2.50. The molecule has 1 aliphatic heterocycles. The summed E-state index contributed by atoms with van der Waals surface area (Å²) in [6.07, 6.45) is -4.07. The molecule has 1 rings (SSSR count). The monoisotopic (exact) mass is 273 g/mol. The van der Waals surface area contributed by atoms with Crippen molar-refractivity contribution in [3.63, 3.8) is 0 Å². The molecule has 0 aromatic rings. The molecule has 0 saturated carbocycles. The van der Waals surface area contributed by atoms with Gasteiger partial charge in [-0.15, -0.1) is 11.6 Å². The molecule has 1 aliphatic rings. The minimum Gasteiger partial charge on any atom is -0.362 e. The molecule has 1 heterocycles. The Labute approximate surface area is 103 Å². The van der Waals surface area contributed by atoms with Crippen LogP contribution in [0, 0.1) is 0 Å². The van der Waals surface area contributed by atoms with Gasteiger partial charge in [0.2, 0.25) is 5.91 Å². The summed E-state index contributed by atoms with van der Waals surface area (Å²) in [7, 11) is 0. The van der Waals surface area contributed by atoms with Crippen LogP contribution in [0.5, 0.6) is 0 Å². The first-order valence-electron chi connectivity index (χ1n) is 5.41. The smallest absolute Gasteiger partial charge is 0.362 e. The second kappa shape index (κ2) is 5.02. The van der Waals surface area contributed by atoms with Crippen LogP contribution in [-0.4, -0.2) is 47.7 Å². The van der Waals surface area contributed by atoms with E-state index in [1.54, 1.807) is 6.92 Å². The standard InChI is InChI=1S/C10H15ClF3NO2/c1-3-7(11)8(16)15-5-9(6-15,17-4-2)10(12,13)14/h7H,3-6H2,1-2H3. The van der Waals surface area contributed by atoms with Gasteiger partial charge >= 0.3 is 6.18 Å². The predicted molar refractivity (Wildman–Crippen MR) is 56.9 cm³/mol. The minimum atomic E-state index is -4.46. The van der Waals surface area contributed by atoms with E-state index in [9.17, 15) is 18.0 Å². The summed E-state index contributed by atoms with van der Waals surface area (Å²) in [6, 6.07) is 0. The molecule has 0 aromatic carbocycles. The zero-order chi connectivity index (χ0) is 13.3. The molecule has 0 spiro atoms. The van der Waals surface area contributed by atoms with Gasteiger partial charge in [0.15, 0.2) is 5.60 Å². The number of halogens is 4. The van der Waals surface area contributed by atoms with E-state index in [1.807, 2.05) is 0 Å². The molecular weight excluding hydrogens is 259 g/mol. The summed E-state index contributed by atoms with van der Waals surface area (Å²) < 4.78 is 43.1. The van der Waals surface area contributed by atoms with E-state index >= 15 is 0 Å². The first-order valence-corrected chi connectivity index (χ1v) is 5.84. The first-order chi connectivity index (χ1) is 7.77. The summed E-state index contributed by atoms with van der Waals surface area (Å²) >= 11 is 5.69. The number of hydrogen-bond donors (Lipinski definition) is 0. The van der Waals surface area contributed by atoms with Crippen LogP contribution in [0.4, 0.5) is 13.2 Å². The molecule has 100 valence electrons. The van der Waals surface area contributed by atoms with Gasteiger partial charge < -0.3 is 9.64 Å².